The number of carbonyl (C=O) groups is 2. The van der Waals surface area contributed by atoms with E-state index >= 15 is 0 Å². The number of anilines is 1. The highest BCUT2D eigenvalue weighted by atomic mass is 19.4. The molecule has 3 aliphatic rings. The van der Waals surface area contributed by atoms with E-state index in [0.717, 1.165) is 69.3 Å². The minimum absolute atomic E-state index is 0.0131. The second kappa shape index (κ2) is 16.9. The highest BCUT2D eigenvalue weighted by Crippen LogP contribution is 2.44. The van der Waals surface area contributed by atoms with Crippen LogP contribution in [0.4, 0.5) is 32.0 Å². The van der Waals surface area contributed by atoms with Gasteiger partial charge in [-0.15, -0.1) is 0 Å². The first-order chi connectivity index (χ1) is 30.2. The predicted octanol–water partition coefficient (Wildman–Crippen LogP) is 11.7. The van der Waals surface area contributed by atoms with E-state index in [4.69, 9.17) is 18.9 Å². The molecule has 0 spiro atoms. The highest BCUT2D eigenvalue weighted by molar-refractivity contribution is 5.90. The molecule has 0 radical (unpaired) electrons. The number of alkyl halides is 6. The van der Waals surface area contributed by atoms with Crippen LogP contribution < -0.4 is 19.5 Å². The van der Waals surface area contributed by atoms with Crippen LogP contribution in [0.15, 0.2) is 72.8 Å². The van der Waals surface area contributed by atoms with Crippen molar-refractivity contribution in [2.45, 2.75) is 95.7 Å². The first kappa shape index (κ1) is 42.2. The van der Waals surface area contributed by atoms with E-state index in [1.165, 1.54) is 12.1 Å². The van der Waals surface area contributed by atoms with Gasteiger partial charge in [-0.1, -0.05) is 12.1 Å². The zero-order valence-corrected chi connectivity index (χ0v) is 34.4. The number of aromatic nitrogens is 2. The van der Waals surface area contributed by atoms with Crippen LogP contribution in [0.2, 0.25) is 0 Å². The molecule has 3 N–H and O–H groups in total. The number of aromatic amines is 2. The Labute approximate surface area is 358 Å². The molecule has 2 atom stereocenters. The number of hydrogen-bond donors (Lipinski definition) is 3. The van der Waals surface area contributed by atoms with E-state index in [0.29, 0.717) is 60.8 Å². The van der Waals surface area contributed by atoms with Crippen LogP contribution >= 0.6 is 0 Å². The van der Waals surface area contributed by atoms with Gasteiger partial charge in [0.2, 0.25) is 0 Å². The van der Waals surface area contributed by atoms with E-state index < -0.39 is 35.4 Å². The first-order valence-electron chi connectivity index (χ1n) is 21.2. The molecular weight excluding hydrogens is 829 g/mol. The molecule has 330 valence electrons. The Hall–Kier alpha value is -6.12. The van der Waals surface area contributed by atoms with Gasteiger partial charge in [0.05, 0.1) is 30.6 Å². The summed E-state index contributed by atoms with van der Waals surface area (Å²) in [7, 11) is 0. The van der Waals surface area contributed by atoms with Crippen molar-refractivity contribution < 1.29 is 54.9 Å². The van der Waals surface area contributed by atoms with Crippen LogP contribution in [0.3, 0.4) is 0 Å². The predicted molar refractivity (Wildman–Crippen MR) is 223 cm³/mol. The Bertz CT molecular complexity index is 2700. The van der Waals surface area contributed by atoms with Gasteiger partial charge in [0.1, 0.15) is 30.5 Å². The molecular formula is C48H45F6N3O6. The van der Waals surface area contributed by atoms with Crippen LogP contribution in [0, 0.1) is 5.92 Å². The number of ether oxygens (including phenoxy) is 4. The molecule has 15 heteroatoms. The number of hydrogen-bond acceptors (Lipinski definition) is 7. The average molecular weight is 874 g/mol. The highest BCUT2D eigenvalue weighted by Gasteiger charge is 2.37. The Kier molecular flexibility index (Phi) is 11.3. The van der Waals surface area contributed by atoms with Gasteiger partial charge in [-0.2, -0.15) is 26.3 Å². The Morgan fingerprint density at radius 2 is 1.17 bits per heavy atom. The van der Waals surface area contributed by atoms with E-state index in [1.54, 1.807) is 31.2 Å². The second-order valence-corrected chi connectivity index (χ2v) is 16.7. The van der Waals surface area contributed by atoms with E-state index in [1.807, 2.05) is 24.3 Å². The molecule has 63 heavy (non-hydrogen) atoms. The van der Waals surface area contributed by atoms with E-state index in [9.17, 15) is 35.9 Å². The molecule has 2 aromatic heterocycles. The van der Waals surface area contributed by atoms with Crippen molar-refractivity contribution in [3.8, 4) is 17.2 Å². The van der Waals surface area contributed by atoms with Crippen LogP contribution in [0.25, 0.3) is 21.8 Å². The molecule has 4 aromatic carbocycles. The summed E-state index contributed by atoms with van der Waals surface area (Å²) in [6.07, 6.45) is -4.40. The molecule has 3 aliphatic carbocycles. The molecule has 0 bridgehead atoms. The number of benzene rings is 4. The molecule has 2 unspecified atom stereocenters. The summed E-state index contributed by atoms with van der Waals surface area (Å²) in [5.74, 6) is -0.469. The van der Waals surface area contributed by atoms with Gasteiger partial charge in [-0.25, -0.2) is 0 Å². The lowest BCUT2D eigenvalue weighted by Gasteiger charge is -2.15. The number of nitrogens with one attached hydrogen (secondary N) is 3. The van der Waals surface area contributed by atoms with Gasteiger partial charge in [-0.05, 0) is 134 Å². The van der Waals surface area contributed by atoms with Crippen LogP contribution in [0.1, 0.15) is 102 Å². The van der Waals surface area contributed by atoms with Crippen LogP contribution in [0.5, 0.6) is 17.2 Å². The first-order valence-corrected chi connectivity index (χ1v) is 21.2. The normalized spacial score (nSPS) is 17.2. The summed E-state index contributed by atoms with van der Waals surface area (Å²) in [6, 6.07) is 19.0. The molecule has 1 fully saturated rings. The topological polar surface area (TPSA) is 115 Å². The van der Waals surface area contributed by atoms with Gasteiger partial charge in [-0.3, -0.25) is 9.59 Å². The summed E-state index contributed by atoms with van der Waals surface area (Å²) >= 11 is 0. The van der Waals surface area contributed by atoms with Crippen molar-refractivity contribution in [2.24, 2.45) is 5.92 Å². The Balaban J connectivity index is 0.790. The zero-order chi connectivity index (χ0) is 44.0. The molecule has 0 aliphatic heterocycles. The van der Waals surface area contributed by atoms with E-state index in [-0.39, 0.29) is 55.9 Å². The largest absolute Gasteiger partial charge is 0.493 e. The maximum Gasteiger partial charge on any atom is 0.419 e. The molecule has 6 aromatic rings. The average Bonchev–Trinajstić information content (AvgIpc) is 3.51. The minimum Gasteiger partial charge on any atom is -0.493 e. The fraction of sp³-hybridized carbons (Fsp3) is 0.375. The number of carbonyl (C=O) groups excluding carboxylic acids is 2. The van der Waals surface area contributed by atoms with E-state index in [2.05, 4.69) is 15.3 Å². The van der Waals surface area contributed by atoms with Gasteiger partial charge in [0.15, 0.2) is 0 Å². The number of halogens is 6. The van der Waals surface area contributed by atoms with Gasteiger partial charge >= 0.3 is 24.3 Å². The van der Waals surface area contributed by atoms with Gasteiger partial charge in [0.25, 0.3) is 0 Å². The van der Waals surface area contributed by atoms with Crippen molar-refractivity contribution >= 4 is 39.4 Å². The molecule has 9 rings (SSSR count). The smallest absolute Gasteiger partial charge is 0.419 e. The van der Waals surface area contributed by atoms with Crippen molar-refractivity contribution in [2.75, 3.05) is 18.5 Å². The van der Waals surface area contributed by atoms with Crippen molar-refractivity contribution in [3.05, 3.63) is 118 Å². The lowest BCUT2D eigenvalue weighted by Crippen LogP contribution is -2.16. The summed E-state index contributed by atoms with van der Waals surface area (Å²) in [5.41, 5.74) is 4.69. The monoisotopic (exact) mass is 873 g/mol. The molecule has 9 nitrogen and oxygen atoms in total. The third-order valence-electron chi connectivity index (χ3n) is 12.3. The summed E-state index contributed by atoms with van der Waals surface area (Å²) in [5, 5.41) is 4.56. The fourth-order valence-electron chi connectivity index (χ4n) is 8.96. The molecule has 0 saturated heterocycles. The van der Waals surface area contributed by atoms with Crippen LogP contribution in [-0.2, 0) is 52.7 Å². The molecule has 0 amide bonds. The third-order valence-corrected chi connectivity index (χ3v) is 12.3. The van der Waals surface area contributed by atoms with Gasteiger partial charge in [0, 0.05) is 57.3 Å². The maximum absolute atomic E-state index is 13.9. The van der Waals surface area contributed by atoms with Gasteiger partial charge < -0.3 is 34.2 Å². The zero-order valence-electron chi connectivity index (χ0n) is 34.4. The van der Waals surface area contributed by atoms with Crippen molar-refractivity contribution in [1.82, 2.24) is 9.97 Å². The number of esters is 2. The second-order valence-electron chi connectivity index (χ2n) is 16.7. The molecule has 2 heterocycles. The number of fused-ring (bicyclic) bond motifs is 6. The lowest BCUT2D eigenvalue weighted by atomic mass is 10.0. The lowest BCUT2D eigenvalue weighted by molar-refractivity contribution is -0.160. The van der Waals surface area contributed by atoms with Crippen molar-refractivity contribution in [1.29, 1.82) is 0 Å². The fourth-order valence-corrected chi connectivity index (χ4v) is 8.96. The molecule has 1 saturated carbocycles. The third kappa shape index (κ3) is 9.19. The summed E-state index contributed by atoms with van der Waals surface area (Å²) < 4.78 is 105. The number of rotatable bonds is 15. The Morgan fingerprint density at radius 1 is 0.651 bits per heavy atom. The SMILES string of the molecule is CCNc1ccc(COc2ccc3[nH]c4c(c3c2)CCC4CC(=O)OC(=O)CC2CCc3c2[nH]c2ccc(OCc4ccc(OCC5CC5)c(C(F)(F)F)c4)cc32)cc1C(F)(F)F. The maximum atomic E-state index is 13.9. The number of aryl methyl sites for hydroxylation is 2. The summed E-state index contributed by atoms with van der Waals surface area (Å²) in [4.78, 5) is 33.1. The Morgan fingerprint density at radius 3 is 1.68 bits per heavy atom. The number of H-pyrrole nitrogens is 2. The summed E-state index contributed by atoms with van der Waals surface area (Å²) in [6.45, 7) is 2.24. The van der Waals surface area contributed by atoms with Crippen LogP contribution in [-0.4, -0.2) is 35.1 Å². The van der Waals surface area contributed by atoms with Crippen molar-refractivity contribution in [3.63, 3.8) is 0 Å². The standard InChI is InChI=1S/C48H45F6N3O6/c1-2-55-41-13-5-27(17-37(41)47(49,50)51)24-60-31-9-14-39-35(21-31)33-11-7-29(45(33)56-39)19-43(58)63-44(59)20-30-8-12-34-36-22-32(10-15-40(36)57-46(30)34)61-25-28-6-16-42(62-23-26-3-4-26)38(18-28)48(52,53)54/h5-6,9-10,13-18,21-22,26,29-30,55-57H,2-4,7-8,11-12,19-20,23-25H2,1H3. The quantitative estimate of drug-likeness (QED) is 0.0535. The minimum atomic E-state index is -4.57.